The van der Waals surface area contributed by atoms with E-state index in [-0.39, 0.29) is 17.5 Å². The van der Waals surface area contributed by atoms with Crippen molar-refractivity contribution >= 4 is 28.8 Å². The summed E-state index contributed by atoms with van der Waals surface area (Å²) in [4.78, 5) is 18.2. The second kappa shape index (κ2) is 7.30. The lowest BCUT2D eigenvalue weighted by Gasteiger charge is -2.38. The summed E-state index contributed by atoms with van der Waals surface area (Å²) in [7, 11) is 0. The van der Waals surface area contributed by atoms with E-state index in [0.29, 0.717) is 0 Å². The lowest BCUT2D eigenvalue weighted by Crippen LogP contribution is -2.55. The monoisotopic (exact) mass is 343 g/mol. The largest absolute Gasteiger partial charge is 0.350 e. The molecule has 2 heterocycles. The minimum atomic E-state index is -0.175. The van der Waals surface area contributed by atoms with Crippen molar-refractivity contribution in [1.29, 1.82) is 0 Å². The molecule has 1 aromatic heterocycles. The van der Waals surface area contributed by atoms with Crippen molar-refractivity contribution in [2.45, 2.75) is 45.8 Å². The second-order valence-electron chi connectivity index (χ2n) is 6.93. The van der Waals surface area contributed by atoms with Gasteiger partial charge in [-0.15, -0.1) is 11.3 Å². The number of amides is 1. The third-order valence-electron chi connectivity index (χ3n) is 3.84. The standard InChI is InChI=1S/C16H26ClN3OS/c1-12(15(21)18-16(2,3)4)20-9-7-19(8-10-20)11-13-5-6-14(17)22-13/h5-6,12H,7-11H2,1-4H3,(H,18,21). The molecule has 0 aromatic carbocycles. The van der Waals surface area contributed by atoms with Gasteiger partial charge >= 0.3 is 0 Å². The van der Waals surface area contributed by atoms with Crippen LogP contribution in [0, 0.1) is 0 Å². The SMILES string of the molecule is CC(C(=O)NC(C)(C)C)N1CCN(Cc2ccc(Cl)s2)CC1. The van der Waals surface area contributed by atoms with Crippen molar-refractivity contribution in [2.24, 2.45) is 0 Å². The van der Waals surface area contributed by atoms with Gasteiger partial charge in [-0.2, -0.15) is 0 Å². The first kappa shape index (κ1) is 17.7. The fourth-order valence-corrected chi connectivity index (χ4v) is 3.74. The summed E-state index contributed by atoms with van der Waals surface area (Å²) in [6.45, 7) is 12.8. The van der Waals surface area contributed by atoms with Gasteiger partial charge in [-0.1, -0.05) is 11.6 Å². The maximum absolute atomic E-state index is 12.3. The summed E-state index contributed by atoms with van der Waals surface area (Å²) in [6.07, 6.45) is 0. The third kappa shape index (κ3) is 5.23. The number of nitrogens with one attached hydrogen (secondary N) is 1. The Bertz CT molecular complexity index is 504. The molecule has 124 valence electrons. The lowest BCUT2D eigenvalue weighted by atomic mass is 10.1. The van der Waals surface area contributed by atoms with E-state index in [0.717, 1.165) is 37.1 Å². The van der Waals surface area contributed by atoms with E-state index in [1.807, 2.05) is 33.8 Å². The number of nitrogens with zero attached hydrogens (tertiary/aromatic N) is 2. The van der Waals surface area contributed by atoms with Crippen LogP contribution in [0.1, 0.15) is 32.6 Å². The fourth-order valence-electron chi connectivity index (χ4n) is 2.61. The Morgan fingerprint density at radius 2 is 1.95 bits per heavy atom. The van der Waals surface area contributed by atoms with Gasteiger partial charge in [-0.05, 0) is 39.8 Å². The van der Waals surface area contributed by atoms with Crippen LogP contribution in [0.3, 0.4) is 0 Å². The Morgan fingerprint density at radius 1 is 1.32 bits per heavy atom. The van der Waals surface area contributed by atoms with E-state index in [9.17, 15) is 4.79 Å². The number of rotatable bonds is 4. The van der Waals surface area contributed by atoms with Crippen molar-refractivity contribution in [3.05, 3.63) is 21.3 Å². The molecule has 1 N–H and O–H groups in total. The molecule has 0 saturated carbocycles. The fraction of sp³-hybridized carbons (Fsp3) is 0.688. The molecule has 2 rings (SSSR count). The Kier molecular flexibility index (Phi) is 5.88. The van der Waals surface area contributed by atoms with E-state index in [1.165, 1.54) is 4.88 Å². The Hall–Kier alpha value is -0.620. The molecule has 1 atom stereocenters. The number of carbonyl (C=O) groups excluding carboxylic acids is 1. The van der Waals surface area contributed by atoms with Crippen LogP contribution in [0.5, 0.6) is 0 Å². The highest BCUT2D eigenvalue weighted by atomic mass is 35.5. The van der Waals surface area contributed by atoms with E-state index in [4.69, 9.17) is 11.6 Å². The van der Waals surface area contributed by atoms with Crippen LogP contribution < -0.4 is 5.32 Å². The number of hydrogen-bond donors (Lipinski definition) is 1. The predicted molar refractivity (Wildman–Crippen MR) is 93.5 cm³/mol. The number of hydrogen-bond acceptors (Lipinski definition) is 4. The van der Waals surface area contributed by atoms with Gasteiger partial charge in [-0.25, -0.2) is 0 Å². The van der Waals surface area contributed by atoms with Crippen molar-refractivity contribution in [1.82, 2.24) is 15.1 Å². The molecule has 1 aliphatic rings. The zero-order valence-electron chi connectivity index (χ0n) is 13.9. The molecule has 0 spiro atoms. The first-order chi connectivity index (χ1) is 10.2. The highest BCUT2D eigenvalue weighted by molar-refractivity contribution is 7.16. The van der Waals surface area contributed by atoms with E-state index in [2.05, 4.69) is 21.2 Å². The highest BCUT2D eigenvalue weighted by Gasteiger charge is 2.27. The van der Waals surface area contributed by atoms with Crippen molar-refractivity contribution in [3.8, 4) is 0 Å². The second-order valence-corrected chi connectivity index (χ2v) is 8.73. The van der Waals surface area contributed by atoms with E-state index in [1.54, 1.807) is 11.3 Å². The molecule has 22 heavy (non-hydrogen) atoms. The minimum absolute atomic E-state index is 0.0717. The average Bonchev–Trinajstić information content (AvgIpc) is 2.82. The summed E-state index contributed by atoms with van der Waals surface area (Å²) in [5.74, 6) is 0.117. The van der Waals surface area contributed by atoms with E-state index < -0.39 is 0 Å². The van der Waals surface area contributed by atoms with Crippen LogP contribution >= 0.6 is 22.9 Å². The van der Waals surface area contributed by atoms with Crippen LogP contribution in [0.2, 0.25) is 4.34 Å². The number of carbonyl (C=O) groups is 1. The molecule has 4 nitrogen and oxygen atoms in total. The summed E-state index contributed by atoms with van der Waals surface area (Å²) in [5, 5.41) is 3.06. The Morgan fingerprint density at radius 3 is 2.45 bits per heavy atom. The number of thiophene rings is 1. The first-order valence-electron chi connectivity index (χ1n) is 7.77. The molecule has 1 aromatic rings. The molecule has 1 unspecified atom stereocenters. The smallest absolute Gasteiger partial charge is 0.237 e. The summed E-state index contributed by atoms with van der Waals surface area (Å²) in [6, 6.07) is 3.98. The molecular weight excluding hydrogens is 318 g/mol. The normalized spacial score (nSPS) is 19.1. The molecule has 1 fully saturated rings. The van der Waals surface area contributed by atoms with Gasteiger partial charge in [0.05, 0.1) is 10.4 Å². The molecule has 0 bridgehead atoms. The average molecular weight is 344 g/mol. The minimum Gasteiger partial charge on any atom is -0.350 e. The molecule has 1 amide bonds. The molecule has 0 aliphatic carbocycles. The number of piperazine rings is 1. The van der Waals surface area contributed by atoms with Gasteiger partial charge in [0, 0.05) is 43.1 Å². The van der Waals surface area contributed by atoms with Crippen molar-refractivity contribution in [2.75, 3.05) is 26.2 Å². The van der Waals surface area contributed by atoms with Crippen LogP contribution in [0.4, 0.5) is 0 Å². The summed E-state index contributed by atoms with van der Waals surface area (Å²) >= 11 is 7.62. The van der Waals surface area contributed by atoms with Gasteiger partial charge in [0.25, 0.3) is 0 Å². The summed E-state index contributed by atoms with van der Waals surface area (Å²) < 4.78 is 0.848. The van der Waals surface area contributed by atoms with Gasteiger partial charge in [0.15, 0.2) is 0 Å². The zero-order valence-corrected chi connectivity index (χ0v) is 15.4. The third-order valence-corrected chi connectivity index (χ3v) is 5.06. The van der Waals surface area contributed by atoms with Crippen LogP contribution in [-0.2, 0) is 11.3 Å². The molecule has 0 radical (unpaired) electrons. The molecule has 1 saturated heterocycles. The van der Waals surface area contributed by atoms with Gasteiger partial charge in [0.1, 0.15) is 0 Å². The zero-order chi connectivity index (χ0) is 16.3. The Labute approximate surface area is 142 Å². The number of halogens is 1. The lowest BCUT2D eigenvalue weighted by molar-refractivity contribution is -0.128. The van der Waals surface area contributed by atoms with Gasteiger partial charge in [-0.3, -0.25) is 14.6 Å². The quantitative estimate of drug-likeness (QED) is 0.913. The summed E-state index contributed by atoms with van der Waals surface area (Å²) in [5.41, 5.74) is -0.175. The maximum Gasteiger partial charge on any atom is 0.237 e. The highest BCUT2D eigenvalue weighted by Crippen LogP contribution is 2.23. The molecule has 6 heteroatoms. The van der Waals surface area contributed by atoms with Crippen LogP contribution in [0.15, 0.2) is 12.1 Å². The molecular formula is C16H26ClN3OS. The van der Waals surface area contributed by atoms with Crippen molar-refractivity contribution in [3.63, 3.8) is 0 Å². The van der Waals surface area contributed by atoms with Crippen molar-refractivity contribution < 1.29 is 4.79 Å². The Balaban J connectivity index is 1.80. The van der Waals surface area contributed by atoms with E-state index >= 15 is 0 Å². The maximum atomic E-state index is 12.3. The van der Waals surface area contributed by atoms with Gasteiger partial charge < -0.3 is 5.32 Å². The van der Waals surface area contributed by atoms with Crippen LogP contribution in [-0.4, -0.2) is 53.5 Å². The topological polar surface area (TPSA) is 35.6 Å². The predicted octanol–water partition coefficient (Wildman–Crippen LogP) is 2.82. The first-order valence-corrected chi connectivity index (χ1v) is 8.97. The molecule has 1 aliphatic heterocycles. The van der Waals surface area contributed by atoms with Gasteiger partial charge in [0.2, 0.25) is 5.91 Å². The van der Waals surface area contributed by atoms with Crippen LogP contribution in [0.25, 0.3) is 0 Å².